The van der Waals surface area contributed by atoms with Gasteiger partial charge in [-0.25, -0.2) is 4.79 Å². The maximum absolute atomic E-state index is 13.2. The minimum absolute atomic E-state index is 0.0322. The van der Waals surface area contributed by atoms with Crippen LogP contribution in [0.5, 0.6) is 6.01 Å². The van der Waals surface area contributed by atoms with Gasteiger partial charge >= 0.3 is 24.5 Å². The van der Waals surface area contributed by atoms with E-state index >= 15 is 0 Å². The summed E-state index contributed by atoms with van der Waals surface area (Å²) in [5.74, 6) is -0.285. The summed E-state index contributed by atoms with van der Waals surface area (Å²) in [4.78, 5) is 22.2. The summed E-state index contributed by atoms with van der Waals surface area (Å²) < 4.78 is 90.0. The summed E-state index contributed by atoms with van der Waals surface area (Å²) in [7, 11) is 0. The number of piperidine rings is 1. The zero-order valence-electron chi connectivity index (χ0n) is 21.5. The van der Waals surface area contributed by atoms with E-state index in [1.165, 1.54) is 10.7 Å². The molecular formula is C23H30F6N6O3. The average Bonchev–Trinajstić information content (AvgIpc) is 3.28. The van der Waals surface area contributed by atoms with Crippen LogP contribution in [0.3, 0.4) is 0 Å². The highest BCUT2D eigenvalue weighted by Crippen LogP contribution is 2.39. The van der Waals surface area contributed by atoms with Gasteiger partial charge in [-0.2, -0.15) is 45.9 Å². The van der Waals surface area contributed by atoms with Crippen molar-refractivity contribution in [3.63, 3.8) is 0 Å². The second kappa shape index (κ2) is 9.63. The van der Waals surface area contributed by atoms with E-state index in [4.69, 9.17) is 4.74 Å². The van der Waals surface area contributed by atoms with Crippen molar-refractivity contribution in [1.29, 1.82) is 0 Å². The molecule has 38 heavy (non-hydrogen) atoms. The Labute approximate surface area is 214 Å². The molecule has 2 unspecified atom stereocenters. The van der Waals surface area contributed by atoms with Gasteiger partial charge in [0.15, 0.2) is 5.65 Å². The van der Waals surface area contributed by atoms with Gasteiger partial charge in [0.25, 0.3) is 6.10 Å². The Morgan fingerprint density at radius 2 is 1.61 bits per heavy atom. The molecule has 2 aromatic rings. The number of anilines is 1. The van der Waals surface area contributed by atoms with Gasteiger partial charge in [0.05, 0.1) is 6.20 Å². The monoisotopic (exact) mass is 552 g/mol. The molecule has 0 aromatic carbocycles. The van der Waals surface area contributed by atoms with Crippen molar-refractivity contribution in [3.8, 4) is 6.01 Å². The first kappa shape index (κ1) is 28.0. The normalized spacial score (nSPS) is 22.4. The van der Waals surface area contributed by atoms with Crippen LogP contribution in [-0.4, -0.2) is 72.8 Å². The summed E-state index contributed by atoms with van der Waals surface area (Å²) in [5.41, 5.74) is -0.131. The lowest BCUT2D eigenvalue weighted by atomic mass is 9.98. The molecule has 4 rings (SSSR count). The molecule has 0 spiro atoms. The summed E-state index contributed by atoms with van der Waals surface area (Å²) in [5, 5.41) is 7.31. The van der Waals surface area contributed by atoms with Crippen molar-refractivity contribution in [3.05, 3.63) is 11.8 Å². The zero-order chi connectivity index (χ0) is 28.2. The molecule has 1 amide bonds. The Morgan fingerprint density at radius 3 is 2.11 bits per heavy atom. The minimum Gasteiger partial charge on any atom is -0.444 e. The molecule has 1 N–H and O–H groups in total. The minimum atomic E-state index is -5.73. The number of hydrogen-bond donors (Lipinski definition) is 1. The molecule has 2 fully saturated rings. The third-order valence-electron chi connectivity index (χ3n) is 6.49. The first-order valence-electron chi connectivity index (χ1n) is 12.3. The number of halogens is 6. The number of alkyl halides is 6. The first-order chi connectivity index (χ1) is 17.4. The Kier molecular flexibility index (Phi) is 7.10. The molecule has 9 nitrogen and oxygen atoms in total. The third-order valence-corrected chi connectivity index (χ3v) is 6.49. The van der Waals surface area contributed by atoms with Gasteiger partial charge in [-0.15, -0.1) is 0 Å². The standard InChI is InChI=1S/C23H30F6N6O3/c1-11(2)15-10-30-35-16(15)32-19(37-17(22(24,25)26)23(27,28)29)33-18(35)31-12-8-13-6-7-14(9-12)34(13)20(36)38-21(3,4)5/h10-14,17H,6-9H2,1-5H3,(H,31,32,33). The molecule has 2 bridgehead atoms. The maximum atomic E-state index is 13.2. The summed E-state index contributed by atoms with van der Waals surface area (Å²) >= 11 is 0. The van der Waals surface area contributed by atoms with E-state index in [2.05, 4.69) is 25.1 Å². The predicted molar refractivity (Wildman–Crippen MR) is 123 cm³/mol. The molecule has 0 radical (unpaired) electrons. The van der Waals surface area contributed by atoms with Crippen LogP contribution >= 0.6 is 0 Å². The van der Waals surface area contributed by atoms with Crippen LogP contribution in [-0.2, 0) is 4.74 Å². The number of aromatic nitrogens is 4. The number of amides is 1. The van der Waals surface area contributed by atoms with Gasteiger partial charge in [0.2, 0.25) is 5.95 Å². The van der Waals surface area contributed by atoms with Gasteiger partial charge in [0.1, 0.15) is 5.60 Å². The van der Waals surface area contributed by atoms with Crippen molar-refractivity contribution >= 4 is 17.7 Å². The Balaban J connectivity index is 1.62. The maximum Gasteiger partial charge on any atom is 0.434 e. The summed E-state index contributed by atoms with van der Waals surface area (Å²) in [6.07, 6.45) is -12.1. The van der Waals surface area contributed by atoms with Crippen molar-refractivity contribution in [1.82, 2.24) is 24.5 Å². The molecule has 2 aromatic heterocycles. The van der Waals surface area contributed by atoms with E-state index < -0.39 is 36.2 Å². The smallest absolute Gasteiger partial charge is 0.434 e. The van der Waals surface area contributed by atoms with Gasteiger partial charge in [0, 0.05) is 23.7 Å². The number of nitrogens with zero attached hydrogens (tertiary/aromatic N) is 5. The average molecular weight is 553 g/mol. The second-order valence-corrected chi connectivity index (χ2v) is 11.0. The van der Waals surface area contributed by atoms with Gasteiger partial charge in [-0.05, 0) is 52.4 Å². The number of rotatable bonds is 5. The highest BCUT2D eigenvalue weighted by Gasteiger charge is 2.59. The molecular weight excluding hydrogens is 522 g/mol. The lowest BCUT2D eigenvalue weighted by Gasteiger charge is -2.39. The molecule has 2 aliphatic heterocycles. The number of carbonyl (C=O) groups is 1. The van der Waals surface area contributed by atoms with Crippen molar-refractivity contribution < 1.29 is 40.6 Å². The predicted octanol–water partition coefficient (Wildman–Crippen LogP) is 5.46. The largest absolute Gasteiger partial charge is 0.444 e. The van der Waals surface area contributed by atoms with Crippen LogP contribution < -0.4 is 10.1 Å². The number of ether oxygens (including phenoxy) is 2. The summed E-state index contributed by atoms with van der Waals surface area (Å²) in [6, 6.07) is -1.64. The number of hydrogen-bond acceptors (Lipinski definition) is 7. The van der Waals surface area contributed by atoms with E-state index in [-0.39, 0.29) is 35.6 Å². The van der Waals surface area contributed by atoms with Crippen LogP contribution in [0.15, 0.2) is 6.20 Å². The first-order valence-corrected chi connectivity index (χ1v) is 12.3. The Morgan fingerprint density at radius 1 is 1.03 bits per heavy atom. The van der Waals surface area contributed by atoms with Crippen LogP contribution in [0.25, 0.3) is 5.65 Å². The van der Waals surface area contributed by atoms with Crippen molar-refractivity contribution in [2.75, 3.05) is 5.32 Å². The quantitative estimate of drug-likeness (QED) is 0.493. The number of fused-ring (bicyclic) bond motifs is 3. The van der Waals surface area contributed by atoms with Gasteiger partial charge < -0.3 is 19.7 Å². The van der Waals surface area contributed by atoms with Gasteiger partial charge in [-0.1, -0.05) is 13.8 Å². The number of carbonyl (C=O) groups excluding carboxylic acids is 1. The molecule has 212 valence electrons. The van der Waals surface area contributed by atoms with E-state index in [0.29, 0.717) is 18.4 Å². The number of nitrogens with one attached hydrogen (secondary N) is 1. The molecule has 0 saturated carbocycles. The third kappa shape index (κ3) is 5.85. The fraction of sp³-hybridized carbons (Fsp3) is 0.739. The van der Waals surface area contributed by atoms with Crippen LogP contribution in [0.1, 0.15) is 71.8 Å². The Bertz CT molecular complexity index is 1150. The summed E-state index contributed by atoms with van der Waals surface area (Å²) in [6.45, 7) is 8.90. The van der Waals surface area contributed by atoms with E-state index in [0.717, 1.165) is 12.8 Å². The molecule has 2 aliphatic rings. The molecule has 4 heterocycles. The molecule has 15 heteroatoms. The van der Waals surface area contributed by atoms with Crippen molar-refractivity contribution in [2.24, 2.45) is 0 Å². The SMILES string of the molecule is CC(C)c1cnn2c(NC3CC4CCC(C3)N4C(=O)OC(C)(C)C)nc(OC(C(F)(F)F)C(F)(F)F)nc12. The fourth-order valence-electron chi connectivity index (χ4n) is 4.94. The second-order valence-electron chi connectivity index (χ2n) is 11.0. The fourth-order valence-corrected chi connectivity index (χ4v) is 4.94. The highest BCUT2D eigenvalue weighted by atomic mass is 19.4. The van der Waals surface area contributed by atoms with Crippen LogP contribution in [0.4, 0.5) is 37.1 Å². The molecule has 2 saturated heterocycles. The van der Waals surface area contributed by atoms with E-state index in [1.54, 1.807) is 39.5 Å². The van der Waals surface area contributed by atoms with E-state index in [1.807, 2.05) is 0 Å². The Hall–Kier alpha value is -3.00. The lowest BCUT2D eigenvalue weighted by Crippen LogP contribution is -2.51. The van der Waals surface area contributed by atoms with E-state index in [9.17, 15) is 31.1 Å². The highest BCUT2D eigenvalue weighted by molar-refractivity contribution is 5.69. The molecule has 0 aliphatic carbocycles. The van der Waals surface area contributed by atoms with Gasteiger partial charge in [-0.3, -0.25) is 0 Å². The topological polar surface area (TPSA) is 93.9 Å². The van der Waals surface area contributed by atoms with Crippen LogP contribution in [0.2, 0.25) is 0 Å². The zero-order valence-corrected chi connectivity index (χ0v) is 21.5. The van der Waals surface area contributed by atoms with Crippen molar-refractivity contribution in [2.45, 2.75) is 108 Å². The molecule has 2 atom stereocenters. The lowest BCUT2D eigenvalue weighted by molar-refractivity contribution is -0.301. The van der Waals surface area contributed by atoms with Crippen LogP contribution in [0, 0.1) is 0 Å².